The number of nitrogens with one attached hydrogen (secondary N) is 3. The van der Waals surface area contributed by atoms with Gasteiger partial charge in [0.25, 0.3) is 0 Å². The van der Waals surface area contributed by atoms with Crippen LogP contribution in [0.4, 0.5) is 0 Å². The second-order valence-electron chi connectivity index (χ2n) is 4.44. The molecule has 0 atom stereocenters. The number of nitrogens with zero attached hydrogens (tertiary/aromatic N) is 3. The van der Waals surface area contributed by atoms with Crippen molar-refractivity contribution in [2.45, 2.75) is 37.9 Å². The lowest BCUT2D eigenvalue weighted by molar-refractivity contribution is 0.579. The van der Waals surface area contributed by atoms with Crippen LogP contribution >= 0.6 is 11.3 Å². The van der Waals surface area contributed by atoms with Crippen molar-refractivity contribution in [1.29, 1.82) is 0 Å². The minimum atomic E-state index is -3.54. The summed E-state index contributed by atoms with van der Waals surface area (Å²) in [6.07, 6.45) is 0. The van der Waals surface area contributed by atoms with Gasteiger partial charge in [-0.1, -0.05) is 19.1 Å². The van der Waals surface area contributed by atoms with Gasteiger partial charge in [-0.2, -0.15) is 5.21 Å². The van der Waals surface area contributed by atoms with Gasteiger partial charge in [-0.15, -0.1) is 21.5 Å². The average molecular weight is 316 g/mol. The van der Waals surface area contributed by atoms with E-state index < -0.39 is 10.0 Å². The number of aromatic nitrogens is 4. The van der Waals surface area contributed by atoms with E-state index in [9.17, 15) is 8.42 Å². The molecule has 3 N–H and O–H groups in total. The Morgan fingerprint density at radius 2 is 2.20 bits per heavy atom. The van der Waals surface area contributed by atoms with Crippen LogP contribution in [-0.2, 0) is 23.1 Å². The van der Waals surface area contributed by atoms with Gasteiger partial charge in [-0.25, -0.2) is 13.1 Å². The van der Waals surface area contributed by atoms with Crippen molar-refractivity contribution in [2.75, 3.05) is 0 Å². The molecule has 0 saturated heterocycles. The fraction of sp³-hybridized carbons (Fsp3) is 0.500. The number of tetrazole rings is 1. The van der Waals surface area contributed by atoms with Gasteiger partial charge in [-0.05, 0) is 6.07 Å². The minimum absolute atomic E-state index is 0.00819. The third-order valence-electron chi connectivity index (χ3n) is 2.43. The summed E-state index contributed by atoms with van der Waals surface area (Å²) >= 11 is 1.41. The highest BCUT2D eigenvalue weighted by atomic mass is 32.2. The van der Waals surface area contributed by atoms with Gasteiger partial charge in [-0.3, -0.25) is 0 Å². The summed E-state index contributed by atoms with van der Waals surface area (Å²) in [6.45, 7) is 4.74. The number of sulfonamides is 1. The van der Waals surface area contributed by atoms with E-state index in [0.717, 1.165) is 4.88 Å². The van der Waals surface area contributed by atoms with Crippen LogP contribution in [0.2, 0.25) is 0 Å². The molecule has 0 aliphatic rings. The molecule has 0 amide bonds. The molecule has 0 aliphatic heterocycles. The molecule has 110 valence electrons. The molecule has 2 aromatic rings. The summed E-state index contributed by atoms with van der Waals surface area (Å²) in [6, 6.07) is 2.02. The van der Waals surface area contributed by atoms with Gasteiger partial charge >= 0.3 is 0 Å². The molecule has 0 aliphatic carbocycles. The molecule has 0 aromatic carbocycles. The first-order valence-electron chi connectivity index (χ1n) is 6.00. The summed E-state index contributed by atoms with van der Waals surface area (Å²) in [5.41, 5.74) is 0. The SMILES string of the molecule is CC(C)NCc1cc(S(=O)(=O)NCc2nn[nH]n2)cs1. The topological polar surface area (TPSA) is 113 Å². The first kappa shape index (κ1) is 15.0. The third-order valence-corrected chi connectivity index (χ3v) is 4.90. The van der Waals surface area contributed by atoms with Crippen LogP contribution in [0, 0.1) is 0 Å². The van der Waals surface area contributed by atoms with Crippen molar-refractivity contribution in [3.63, 3.8) is 0 Å². The maximum absolute atomic E-state index is 12.1. The predicted molar refractivity (Wildman–Crippen MR) is 74.5 cm³/mol. The molecule has 2 aromatic heterocycles. The van der Waals surface area contributed by atoms with Gasteiger partial charge in [0.1, 0.15) is 0 Å². The van der Waals surface area contributed by atoms with Gasteiger partial charge in [0, 0.05) is 22.8 Å². The summed E-state index contributed by atoms with van der Waals surface area (Å²) in [4.78, 5) is 1.23. The number of hydrogen-bond donors (Lipinski definition) is 3. The van der Waals surface area contributed by atoms with Crippen molar-refractivity contribution in [1.82, 2.24) is 30.7 Å². The fourth-order valence-corrected chi connectivity index (χ4v) is 3.61. The molecule has 0 spiro atoms. The summed E-state index contributed by atoms with van der Waals surface area (Å²) in [7, 11) is -3.54. The minimum Gasteiger partial charge on any atom is -0.310 e. The summed E-state index contributed by atoms with van der Waals surface area (Å²) < 4.78 is 26.6. The van der Waals surface area contributed by atoms with Crippen LogP contribution in [0.3, 0.4) is 0 Å². The molecular formula is C10H16N6O2S2. The third kappa shape index (κ3) is 4.07. The van der Waals surface area contributed by atoms with Crippen LogP contribution < -0.4 is 10.0 Å². The number of rotatable bonds is 7. The number of aromatic amines is 1. The van der Waals surface area contributed by atoms with E-state index in [0.29, 0.717) is 18.4 Å². The predicted octanol–water partition coefficient (Wildman–Crippen LogP) is 0.238. The maximum atomic E-state index is 12.1. The molecule has 0 radical (unpaired) electrons. The Kier molecular flexibility index (Phi) is 4.81. The number of thiophene rings is 1. The zero-order valence-corrected chi connectivity index (χ0v) is 12.8. The van der Waals surface area contributed by atoms with E-state index in [4.69, 9.17) is 0 Å². The normalized spacial score (nSPS) is 12.2. The monoisotopic (exact) mass is 316 g/mol. The quantitative estimate of drug-likeness (QED) is 0.674. The Balaban J connectivity index is 1.98. The van der Waals surface area contributed by atoms with Crippen LogP contribution in [0.25, 0.3) is 0 Å². The molecule has 2 rings (SSSR count). The van der Waals surface area contributed by atoms with E-state index in [2.05, 4.69) is 30.7 Å². The Morgan fingerprint density at radius 1 is 1.40 bits per heavy atom. The van der Waals surface area contributed by atoms with Crippen molar-refractivity contribution in [3.05, 3.63) is 22.1 Å². The molecule has 8 nitrogen and oxygen atoms in total. The Labute approximate surface area is 121 Å². The molecule has 10 heteroatoms. The highest BCUT2D eigenvalue weighted by Crippen LogP contribution is 2.19. The molecule has 2 heterocycles. The van der Waals surface area contributed by atoms with Crippen LogP contribution in [-0.4, -0.2) is 35.1 Å². The standard InChI is InChI=1S/C10H16N6O2S2/c1-7(2)11-4-8-3-9(6-19-8)20(17,18)12-5-10-13-15-16-14-10/h3,6-7,11-12H,4-5H2,1-2H3,(H,13,14,15,16). The lowest BCUT2D eigenvalue weighted by Gasteiger charge is -2.05. The maximum Gasteiger partial charge on any atom is 0.241 e. The molecule has 0 bridgehead atoms. The Bertz CT molecular complexity index is 635. The summed E-state index contributed by atoms with van der Waals surface area (Å²) in [5.74, 6) is 0.297. The molecule has 0 unspecified atom stereocenters. The van der Waals surface area contributed by atoms with Crippen molar-refractivity contribution < 1.29 is 8.42 Å². The van der Waals surface area contributed by atoms with Crippen LogP contribution in [0.1, 0.15) is 24.5 Å². The van der Waals surface area contributed by atoms with Crippen molar-refractivity contribution in [2.24, 2.45) is 0 Å². The number of hydrogen-bond acceptors (Lipinski definition) is 7. The van der Waals surface area contributed by atoms with Crippen LogP contribution in [0.15, 0.2) is 16.3 Å². The lowest BCUT2D eigenvalue weighted by Crippen LogP contribution is -2.23. The van der Waals surface area contributed by atoms with E-state index in [1.54, 1.807) is 11.4 Å². The molecule has 0 saturated carbocycles. The average Bonchev–Trinajstić information content (AvgIpc) is 3.05. The first-order valence-corrected chi connectivity index (χ1v) is 8.36. The first-order chi connectivity index (χ1) is 9.47. The van der Waals surface area contributed by atoms with Crippen molar-refractivity contribution in [3.8, 4) is 0 Å². The number of H-pyrrole nitrogens is 1. The zero-order chi connectivity index (χ0) is 14.6. The van der Waals surface area contributed by atoms with E-state index >= 15 is 0 Å². The van der Waals surface area contributed by atoms with E-state index in [1.165, 1.54) is 11.3 Å². The molecule has 0 fully saturated rings. The second-order valence-corrected chi connectivity index (χ2v) is 7.20. The highest BCUT2D eigenvalue weighted by Gasteiger charge is 2.16. The highest BCUT2D eigenvalue weighted by molar-refractivity contribution is 7.89. The van der Waals surface area contributed by atoms with Gasteiger partial charge in [0.05, 0.1) is 11.4 Å². The Hall–Kier alpha value is -1.36. The van der Waals surface area contributed by atoms with Crippen LogP contribution in [0.5, 0.6) is 0 Å². The molecule has 20 heavy (non-hydrogen) atoms. The van der Waals surface area contributed by atoms with Gasteiger partial charge in [0.15, 0.2) is 5.82 Å². The Morgan fingerprint density at radius 3 is 2.85 bits per heavy atom. The molecular weight excluding hydrogens is 300 g/mol. The fourth-order valence-electron chi connectivity index (χ4n) is 1.40. The smallest absolute Gasteiger partial charge is 0.241 e. The zero-order valence-electron chi connectivity index (χ0n) is 11.1. The summed E-state index contributed by atoms with van der Waals surface area (Å²) in [5, 5.41) is 17.9. The van der Waals surface area contributed by atoms with Gasteiger partial charge < -0.3 is 5.32 Å². The van der Waals surface area contributed by atoms with Crippen molar-refractivity contribution >= 4 is 21.4 Å². The largest absolute Gasteiger partial charge is 0.310 e. The van der Waals surface area contributed by atoms with Gasteiger partial charge in [0.2, 0.25) is 10.0 Å². The second kappa shape index (κ2) is 6.39. The van der Waals surface area contributed by atoms with E-state index in [1.807, 2.05) is 13.8 Å². The van der Waals surface area contributed by atoms with E-state index in [-0.39, 0.29) is 11.4 Å². The lowest BCUT2D eigenvalue weighted by atomic mass is 10.4.